The first-order valence-electron chi connectivity index (χ1n) is 5.03. The van der Waals surface area contributed by atoms with E-state index in [0.29, 0.717) is 0 Å². The molecule has 0 aliphatic carbocycles. The highest BCUT2D eigenvalue weighted by atomic mass is 16.3. The van der Waals surface area contributed by atoms with Gasteiger partial charge in [0.15, 0.2) is 28.8 Å². The fourth-order valence-corrected chi connectivity index (χ4v) is 1.73. The lowest BCUT2D eigenvalue weighted by atomic mass is 9.93. The maximum absolute atomic E-state index is 11.4. The first-order chi connectivity index (χ1) is 8.20. The second-order valence-corrected chi connectivity index (χ2v) is 3.84. The minimum absolute atomic E-state index is 0.469. The Kier molecular flexibility index (Phi) is 3.41. The van der Waals surface area contributed by atoms with Crippen LogP contribution in [0.5, 0.6) is 17.2 Å². The zero-order chi connectivity index (χ0) is 14.2. The zero-order valence-corrected chi connectivity index (χ0v) is 10.1. The molecule has 0 saturated carbocycles. The van der Waals surface area contributed by atoms with Gasteiger partial charge in [0.25, 0.3) is 0 Å². The van der Waals surface area contributed by atoms with E-state index in [1.807, 2.05) is 0 Å². The van der Waals surface area contributed by atoms with Crippen LogP contribution >= 0.6 is 0 Å². The molecule has 1 aromatic rings. The van der Waals surface area contributed by atoms with Crippen molar-refractivity contribution in [2.45, 2.75) is 20.8 Å². The van der Waals surface area contributed by atoms with Gasteiger partial charge < -0.3 is 15.3 Å². The Morgan fingerprint density at radius 3 is 1.22 bits per heavy atom. The Bertz CT molecular complexity index is 571. The molecule has 0 atom stereocenters. The van der Waals surface area contributed by atoms with Gasteiger partial charge in [0.2, 0.25) is 0 Å². The number of phenols is 3. The monoisotopic (exact) mass is 252 g/mol. The lowest BCUT2D eigenvalue weighted by Gasteiger charge is -2.14. The van der Waals surface area contributed by atoms with Crippen LogP contribution in [-0.4, -0.2) is 32.7 Å². The average molecular weight is 252 g/mol. The van der Waals surface area contributed by atoms with Crippen LogP contribution in [0, 0.1) is 0 Å². The molecule has 0 bridgehead atoms. The second-order valence-electron chi connectivity index (χ2n) is 3.84. The number of aromatic hydroxyl groups is 3. The molecule has 0 amide bonds. The van der Waals surface area contributed by atoms with Crippen molar-refractivity contribution in [1.82, 2.24) is 0 Å². The number of hydrogen-bond donors (Lipinski definition) is 3. The molecule has 0 heterocycles. The largest absolute Gasteiger partial charge is 0.506 e. The van der Waals surface area contributed by atoms with E-state index in [1.54, 1.807) is 0 Å². The summed E-state index contributed by atoms with van der Waals surface area (Å²) in [6.07, 6.45) is 0. The molecule has 1 aromatic carbocycles. The van der Waals surface area contributed by atoms with E-state index in [4.69, 9.17) is 0 Å². The molecule has 6 nitrogen and oxygen atoms in total. The Morgan fingerprint density at radius 2 is 0.889 bits per heavy atom. The fourth-order valence-electron chi connectivity index (χ4n) is 1.73. The number of carbonyl (C=O) groups excluding carboxylic acids is 3. The lowest BCUT2D eigenvalue weighted by molar-refractivity contribution is 0.0971. The van der Waals surface area contributed by atoms with Crippen molar-refractivity contribution in [3.05, 3.63) is 16.7 Å². The number of ketones is 3. The molecule has 18 heavy (non-hydrogen) atoms. The first kappa shape index (κ1) is 13.7. The molecule has 0 spiro atoms. The molecular weight excluding hydrogens is 240 g/mol. The summed E-state index contributed by atoms with van der Waals surface area (Å²) in [5.74, 6) is -4.73. The summed E-state index contributed by atoms with van der Waals surface area (Å²) in [5, 5.41) is 29.1. The van der Waals surface area contributed by atoms with E-state index in [9.17, 15) is 29.7 Å². The van der Waals surface area contributed by atoms with E-state index in [2.05, 4.69) is 0 Å². The van der Waals surface area contributed by atoms with Gasteiger partial charge in [-0.15, -0.1) is 0 Å². The smallest absolute Gasteiger partial charge is 0.173 e. The number of hydrogen-bond acceptors (Lipinski definition) is 6. The standard InChI is InChI=1S/C12H12O6/c1-4(13)7-8(5(2)14)11(17)12(18)9(6(3)15)10(7)16/h16-18H,1-3H3. The minimum Gasteiger partial charge on any atom is -0.506 e. The predicted molar refractivity (Wildman–Crippen MR) is 61.4 cm³/mol. The van der Waals surface area contributed by atoms with Gasteiger partial charge in [-0.1, -0.05) is 0 Å². The van der Waals surface area contributed by atoms with Crippen LogP contribution < -0.4 is 0 Å². The summed E-state index contributed by atoms with van der Waals surface area (Å²) in [5.41, 5.74) is -1.55. The van der Waals surface area contributed by atoms with E-state index in [0.717, 1.165) is 20.8 Å². The molecule has 0 saturated heterocycles. The lowest BCUT2D eigenvalue weighted by Crippen LogP contribution is -2.09. The van der Waals surface area contributed by atoms with Crippen molar-refractivity contribution >= 4 is 17.3 Å². The van der Waals surface area contributed by atoms with Crippen molar-refractivity contribution in [2.24, 2.45) is 0 Å². The number of rotatable bonds is 3. The molecule has 0 aliphatic heterocycles. The third-order valence-corrected chi connectivity index (χ3v) is 2.48. The van der Waals surface area contributed by atoms with Crippen molar-refractivity contribution in [3.8, 4) is 17.2 Å². The summed E-state index contributed by atoms with van der Waals surface area (Å²) in [4.78, 5) is 34.0. The molecule has 1 rings (SSSR count). The van der Waals surface area contributed by atoms with Crippen LogP contribution in [0.1, 0.15) is 51.8 Å². The quantitative estimate of drug-likeness (QED) is 0.426. The van der Waals surface area contributed by atoms with Crippen molar-refractivity contribution in [3.63, 3.8) is 0 Å². The highest BCUT2D eigenvalue weighted by molar-refractivity contribution is 6.15. The van der Waals surface area contributed by atoms with Crippen LogP contribution in [0.15, 0.2) is 0 Å². The first-order valence-corrected chi connectivity index (χ1v) is 5.03. The Hall–Kier alpha value is -2.37. The van der Waals surface area contributed by atoms with Crippen LogP contribution in [0.2, 0.25) is 0 Å². The number of Topliss-reactive ketones (excluding diaryl/α,β-unsaturated/α-hetero) is 3. The van der Waals surface area contributed by atoms with Crippen LogP contribution in [0.4, 0.5) is 0 Å². The Labute approximate surface area is 102 Å². The molecule has 0 radical (unpaired) electrons. The number of carbonyl (C=O) groups is 3. The minimum atomic E-state index is -0.907. The van der Waals surface area contributed by atoms with Gasteiger partial charge in [-0.3, -0.25) is 14.4 Å². The maximum Gasteiger partial charge on any atom is 0.173 e. The topological polar surface area (TPSA) is 112 Å². The summed E-state index contributed by atoms with van der Waals surface area (Å²) in [7, 11) is 0. The highest BCUT2D eigenvalue weighted by Gasteiger charge is 2.29. The third kappa shape index (κ3) is 1.92. The summed E-state index contributed by atoms with van der Waals surface area (Å²) in [6, 6.07) is 0. The number of benzene rings is 1. The number of phenolic OH excluding ortho intramolecular Hbond substituents is 3. The van der Waals surface area contributed by atoms with E-state index in [-0.39, 0.29) is 0 Å². The molecule has 0 aliphatic rings. The Morgan fingerprint density at radius 1 is 0.611 bits per heavy atom. The SMILES string of the molecule is CC(=O)c1c(O)c(O)c(C(C)=O)c(C(C)=O)c1O. The average Bonchev–Trinajstić information content (AvgIpc) is 2.21. The van der Waals surface area contributed by atoms with Gasteiger partial charge in [-0.25, -0.2) is 0 Å². The van der Waals surface area contributed by atoms with Gasteiger partial charge in [0.05, 0.1) is 11.1 Å². The summed E-state index contributed by atoms with van der Waals surface area (Å²) >= 11 is 0. The zero-order valence-electron chi connectivity index (χ0n) is 10.1. The fraction of sp³-hybridized carbons (Fsp3) is 0.250. The van der Waals surface area contributed by atoms with E-state index >= 15 is 0 Å². The Balaban J connectivity index is 3.94. The second kappa shape index (κ2) is 4.48. The summed E-state index contributed by atoms with van der Waals surface area (Å²) in [6.45, 7) is 3.18. The van der Waals surface area contributed by atoms with Crippen LogP contribution in [0.3, 0.4) is 0 Å². The van der Waals surface area contributed by atoms with Gasteiger partial charge in [-0.2, -0.15) is 0 Å². The van der Waals surface area contributed by atoms with Crippen LogP contribution in [-0.2, 0) is 0 Å². The van der Waals surface area contributed by atoms with Gasteiger partial charge >= 0.3 is 0 Å². The molecule has 0 fully saturated rings. The van der Waals surface area contributed by atoms with Gasteiger partial charge in [0, 0.05) is 0 Å². The van der Waals surface area contributed by atoms with Gasteiger partial charge in [-0.05, 0) is 20.8 Å². The van der Waals surface area contributed by atoms with Gasteiger partial charge in [0.1, 0.15) is 11.3 Å². The normalized spacial score (nSPS) is 10.2. The van der Waals surface area contributed by atoms with E-state index in [1.165, 1.54) is 0 Å². The molecular formula is C12H12O6. The molecule has 96 valence electrons. The molecule has 3 N–H and O–H groups in total. The molecule has 0 unspecified atom stereocenters. The van der Waals surface area contributed by atoms with E-state index < -0.39 is 51.3 Å². The molecule has 6 heteroatoms. The maximum atomic E-state index is 11.4. The predicted octanol–water partition coefficient (Wildman–Crippen LogP) is 1.41. The van der Waals surface area contributed by atoms with Crippen molar-refractivity contribution in [2.75, 3.05) is 0 Å². The van der Waals surface area contributed by atoms with Crippen molar-refractivity contribution in [1.29, 1.82) is 0 Å². The molecule has 0 aromatic heterocycles. The summed E-state index contributed by atoms with van der Waals surface area (Å²) < 4.78 is 0. The third-order valence-electron chi connectivity index (χ3n) is 2.48. The van der Waals surface area contributed by atoms with Crippen LogP contribution in [0.25, 0.3) is 0 Å². The van der Waals surface area contributed by atoms with Crippen molar-refractivity contribution < 1.29 is 29.7 Å². The highest BCUT2D eigenvalue weighted by Crippen LogP contribution is 2.42.